The van der Waals surface area contributed by atoms with Crippen LogP contribution in [0.3, 0.4) is 0 Å². The first kappa shape index (κ1) is 19.0. The van der Waals surface area contributed by atoms with Crippen LogP contribution < -0.4 is 10.6 Å². The van der Waals surface area contributed by atoms with Crippen molar-refractivity contribution in [2.24, 2.45) is 0 Å². The summed E-state index contributed by atoms with van der Waals surface area (Å²) >= 11 is 4.29. The SMILES string of the molecule is O=C1C[C@@]2(C(=O)Nc3ccc(Br)cc32)c2sc(C(=O)O)c(-c3ccccc3F)c2N1. The number of carboxylic acid groups (broad SMARTS) is 1. The van der Waals surface area contributed by atoms with Gasteiger partial charge < -0.3 is 15.7 Å². The molecular formula is C21H12BrFN2O4S. The van der Waals surface area contributed by atoms with Crippen molar-refractivity contribution in [3.63, 3.8) is 0 Å². The first-order chi connectivity index (χ1) is 14.3. The van der Waals surface area contributed by atoms with E-state index in [9.17, 15) is 23.9 Å². The number of thiophene rings is 1. The third kappa shape index (κ3) is 2.48. The molecule has 1 atom stereocenters. The molecule has 0 aliphatic carbocycles. The quantitative estimate of drug-likeness (QED) is 0.493. The van der Waals surface area contributed by atoms with Gasteiger partial charge in [0.15, 0.2) is 0 Å². The summed E-state index contributed by atoms with van der Waals surface area (Å²) in [7, 11) is 0. The number of hydrogen-bond donors (Lipinski definition) is 3. The van der Waals surface area contributed by atoms with Crippen LogP contribution in [0.5, 0.6) is 0 Å². The molecule has 9 heteroatoms. The molecule has 0 fully saturated rings. The van der Waals surface area contributed by atoms with Crippen LogP contribution in [0, 0.1) is 5.82 Å². The second-order valence-electron chi connectivity index (χ2n) is 7.07. The van der Waals surface area contributed by atoms with Gasteiger partial charge in [0, 0.05) is 21.3 Å². The minimum Gasteiger partial charge on any atom is -0.477 e. The molecule has 0 radical (unpaired) electrons. The van der Waals surface area contributed by atoms with E-state index in [0.717, 1.165) is 11.3 Å². The maximum absolute atomic E-state index is 14.6. The number of carbonyl (C=O) groups is 3. The van der Waals surface area contributed by atoms with Gasteiger partial charge in [-0.1, -0.05) is 34.1 Å². The van der Waals surface area contributed by atoms with Gasteiger partial charge in [0.1, 0.15) is 16.1 Å². The fourth-order valence-corrected chi connectivity index (χ4v) is 5.83. The van der Waals surface area contributed by atoms with Gasteiger partial charge in [0.2, 0.25) is 11.8 Å². The molecule has 30 heavy (non-hydrogen) atoms. The Morgan fingerprint density at radius 1 is 1.17 bits per heavy atom. The lowest BCUT2D eigenvalue weighted by Crippen LogP contribution is -2.42. The second kappa shape index (κ2) is 6.48. The van der Waals surface area contributed by atoms with Gasteiger partial charge in [0.25, 0.3) is 0 Å². The minimum absolute atomic E-state index is 0.0534. The fourth-order valence-electron chi connectivity index (χ4n) is 4.16. The monoisotopic (exact) mass is 486 g/mol. The number of carboxylic acids is 1. The van der Waals surface area contributed by atoms with Crippen molar-refractivity contribution in [1.82, 2.24) is 0 Å². The van der Waals surface area contributed by atoms with Crippen LogP contribution in [0.15, 0.2) is 46.9 Å². The van der Waals surface area contributed by atoms with E-state index in [2.05, 4.69) is 26.6 Å². The lowest BCUT2D eigenvalue weighted by atomic mass is 9.74. The predicted molar refractivity (Wildman–Crippen MR) is 113 cm³/mol. The average Bonchev–Trinajstić information content (AvgIpc) is 3.20. The summed E-state index contributed by atoms with van der Waals surface area (Å²) in [5, 5.41) is 15.3. The van der Waals surface area contributed by atoms with Crippen LogP contribution in [0.4, 0.5) is 15.8 Å². The largest absolute Gasteiger partial charge is 0.477 e. The molecule has 150 valence electrons. The Hall–Kier alpha value is -3.04. The standard InChI is InChI=1S/C21H12BrFN2O4S/c22-9-5-6-13-11(7-9)21(20(29)24-13)8-14(26)25-16-15(10-3-1-2-4-12(10)23)17(19(27)28)30-18(16)21/h1-7H,8H2,(H,24,29)(H,25,26)(H,27,28)/t21-/m0/s1. The maximum atomic E-state index is 14.6. The minimum atomic E-state index is -1.38. The van der Waals surface area contributed by atoms with Crippen LogP contribution in [0.2, 0.25) is 0 Å². The molecule has 2 aliphatic heterocycles. The molecule has 2 amide bonds. The molecule has 0 bridgehead atoms. The molecule has 3 aromatic rings. The Balaban J connectivity index is 1.88. The fraction of sp³-hybridized carbons (Fsp3) is 0.0952. The first-order valence-corrected chi connectivity index (χ1v) is 10.5. The Morgan fingerprint density at radius 3 is 2.67 bits per heavy atom. The smallest absolute Gasteiger partial charge is 0.346 e. The second-order valence-corrected chi connectivity index (χ2v) is 9.01. The first-order valence-electron chi connectivity index (χ1n) is 8.89. The van der Waals surface area contributed by atoms with Crippen LogP contribution in [-0.2, 0) is 15.0 Å². The number of nitrogens with one attached hydrogen (secondary N) is 2. The summed E-state index contributed by atoms with van der Waals surface area (Å²) in [5.41, 5.74) is 0.0521. The lowest BCUT2D eigenvalue weighted by Gasteiger charge is -2.31. The Kier molecular flexibility index (Phi) is 4.09. The number of rotatable bonds is 2. The van der Waals surface area contributed by atoms with Crippen molar-refractivity contribution in [3.05, 3.63) is 68.1 Å². The number of hydrogen-bond acceptors (Lipinski definition) is 4. The average molecular weight is 487 g/mol. The summed E-state index contributed by atoms with van der Waals surface area (Å²) in [6.45, 7) is 0. The predicted octanol–water partition coefficient (Wildman–Crippen LogP) is 4.60. The van der Waals surface area contributed by atoms with Crippen molar-refractivity contribution in [2.75, 3.05) is 10.6 Å². The van der Waals surface area contributed by atoms with E-state index in [-0.39, 0.29) is 28.1 Å². The highest BCUT2D eigenvalue weighted by Gasteiger charge is 2.55. The summed E-state index contributed by atoms with van der Waals surface area (Å²) in [5.74, 6) is -2.74. The highest BCUT2D eigenvalue weighted by molar-refractivity contribution is 9.10. The van der Waals surface area contributed by atoms with E-state index in [0.29, 0.717) is 20.6 Å². The van der Waals surface area contributed by atoms with Crippen molar-refractivity contribution in [3.8, 4) is 11.1 Å². The Bertz CT molecular complexity index is 1290. The number of fused-ring (bicyclic) bond motifs is 4. The third-order valence-electron chi connectivity index (χ3n) is 5.40. The van der Waals surface area contributed by atoms with E-state index in [1.807, 2.05) is 0 Å². The van der Waals surface area contributed by atoms with E-state index in [4.69, 9.17) is 0 Å². The maximum Gasteiger partial charge on any atom is 0.346 e. The highest BCUT2D eigenvalue weighted by Crippen LogP contribution is 2.56. The highest BCUT2D eigenvalue weighted by atomic mass is 79.9. The molecule has 0 saturated carbocycles. The van der Waals surface area contributed by atoms with Crippen molar-refractivity contribution in [1.29, 1.82) is 0 Å². The summed E-state index contributed by atoms with van der Waals surface area (Å²) in [6, 6.07) is 11.0. The molecule has 5 rings (SSSR count). The zero-order valence-electron chi connectivity index (χ0n) is 15.1. The zero-order valence-corrected chi connectivity index (χ0v) is 17.5. The summed E-state index contributed by atoms with van der Waals surface area (Å²) in [4.78, 5) is 38.2. The molecule has 6 nitrogen and oxygen atoms in total. The molecule has 1 aromatic heterocycles. The van der Waals surface area contributed by atoms with E-state index in [1.165, 1.54) is 18.2 Å². The van der Waals surface area contributed by atoms with E-state index < -0.39 is 29.0 Å². The molecule has 2 aromatic carbocycles. The van der Waals surface area contributed by atoms with Gasteiger partial charge in [-0.25, -0.2) is 9.18 Å². The van der Waals surface area contributed by atoms with E-state index in [1.54, 1.807) is 24.3 Å². The van der Waals surface area contributed by atoms with Gasteiger partial charge in [-0.2, -0.15) is 0 Å². The molecule has 0 unspecified atom stereocenters. The van der Waals surface area contributed by atoms with Gasteiger partial charge in [0.05, 0.1) is 17.0 Å². The zero-order chi connectivity index (χ0) is 21.2. The van der Waals surface area contributed by atoms with Crippen LogP contribution in [0.1, 0.15) is 26.5 Å². The number of anilines is 2. The Morgan fingerprint density at radius 2 is 1.93 bits per heavy atom. The molecule has 0 saturated heterocycles. The van der Waals surface area contributed by atoms with Gasteiger partial charge >= 0.3 is 5.97 Å². The molecule has 2 aliphatic rings. The van der Waals surface area contributed by atoms with Gasteiger partial charge in [-0.05, 0) is 29.8 Å². The number of amides is 2. The third-order valence-corrected chi connectivity index (χ3v) is 7.23. The van der Waals surface area contributed by atoms with Crippen molar-refractivity contribution in [2.45, 2.75) is 11.8 Å². The molecule has 3 heterocycles. The van der Waals surface area contributed by atoms with Gasteiger partial charge in [-0.15, -0.1) is 11.3 Å². The van der Waals surface area contributed by atoms with Gasteiger partial charge in [-0.3, -0.25) is 9.59 Å². The van der Waals surface area contributed by atoms with Crippen LogP contribution in [0.25, 0.3) is 11.1 Å². The number of halogens is 2. The number of carbonyl (C=O) groups excluding carboxylic acids is 2. The summed E-state index contributed by atoms with van der Waals surface area (Å²) in [6.07, 6.45) is -0.175. The van der Waals surface area contributed by atoms with Crippen molar-refractivity contribution >= 4 is 56.4 Å². The molecular weight excluding hydrogens is 475 g/mol. The Labute approximate surface area is 181 Å². The topological polar surface area (TPSA) is 95.5 Å². The van der Waals surface area contributed by atoms with Crippen LogP contribution in [-0.4, -0.2) is 22.9 Å². The lowest BCUT2D eigenvalue weighted by molar-refractivity contribution is -0.125. The van der Waals surface area contributed by atoms with E-state index >= 15 is 0 Å². The molecule has 1 spiro atoms. The van der Waals surface area contributed by atoms with Crippen LogP contribution >= 0.6 is 27.3 Å². The summed E-state index contributed by atoms with van der Waals surface area (Å²) < 4.78 is 15.3. The number of benzene rings is 2. The number of aromatic carboxylic acids is 1. The van der Waals surface area contributed by atoms with Crippen molar-refractivity contribution < 1.29 is 23.9 Å². The normalized spacial score (nSPS) is 19.3. The molecule has 3 N–H and O–H groups in total.